The lowest BCUT2D eigenvalue weighted by Crippen LogP contribution is -2.26. The zero-order valence-corrected chi connectivity index (χ0v) is 9.35. The SMILES string of the molecule is CCC=CC(C)(C)OC(=O)CBr. The van der Waals surface area contributed by atoms with Gasteiger partial charge < -0.3 is 4.74 Å². The standard InChI is InChI=1S/C9H15BrO2/c1-4-5-6-9(2,3)12-8(11)7-10/h5-6H,4,7H2,1-3H3. The molecule has 0 N–H and O–H groups in total. The topological polar surface area (TPSA) is 26.3 Å². The average Bonchev–Trinajstić information content (AvgIpc) is 2.00. The van der Waals surface area contributed by atoms with Crippen molar-refractivity contribution in [3.63, 3.8) is 0 Å². The van der Waals surface area contributed by atoms with Crippen LogP contribution in [0.2, 0.25) is 0 Å². The Morgan fingerprint density at radius 3 is 2.58 bits per heavy atom. The van der Waals surface area contributed by atoms with Crippen molar-refractivity contribution in [2.45, 2.75) is 32.8 Å². The number of allylic oxidation sites excluding steroid dienone is 1. The molecule has 12 heavy (non-hydrogen) atoms. The highest BCUT2D eigenvalue weighted by Crippen LogP contribution is 2.12. The normalized spacial score (nSPS) is 12.0. The predicted octanol–water partition coefficient (Wildman–Crippen LogP) is 2.67. The van der Waals surface area contributed by atoms with Crippen LogP contribution in [0.4, 0.5) is 0 Å². The second-order valence-corrected chi connectivity index (χ2v) is 3.58. The highest BCUT2D eigenvalue weighted by molar-refractivity contribution is 9.09. The van der Waals surface area contributed by atoms with Crippen molar-refractivity contribution in [1.82, 2.24) is 0 Å². The van der Waals surface area contributed by atoms with Crippen molar-refractivity contribution in [1.29, 1.82) is 0 Å². The highest BCUT2D eigenvalue weighted by atomic mass is 79.9. The predicted molar refractivity (Wildman–Crippen MR) is 53.4 cm³/mol. The van der Waals surface area contributed by atoms with Crippen molar-refractivity contribution in [3.8, 4) is 0 Å². The number of carbonyl (C=O) groups excluding carboxylic acids is 1. The fourth-order valence-electron chi connectivity index (χ4n) is 0.756. The minimum absolute atomic E-state index is 0.235. The van der Waals surface area contributed by atoms with Crippen molar-refractivity contribution >= 4 is 21.9 Å². The third-order valence-corrected chi connectivity index (χ3v) is 1.70. The molecule has 0 saturated heterocycles. The Morgan fingerprint density at radius 1 is 1.58 bits per heavy atom. The summed E-state index contributed by atoms with van der Waals surface area (Å²) < 4.78 is 5.12. The van der Waals surface area contributed by atoms with Gasteiger partial charge in [-0.1, -0.05) is 28.9 Å². The van der Waals surface area contributed by atoms with Crippen LogP contribution in [0.3, 0.4) is 0 Å². The van der Waals surface area contributed by atoms with Crippen molar-refractivity contribution in [2.75, 3.05) is 5.33 Å². The van der Waals surface area contributed by atoms with Gasteiger partial charge in [0.25, 0.3) is 0 Å². The summed E-state index contributed by atoms with van der Waals surface area (Å²) in [6.45, 7) is 5.76. The van der Waals surface area contributed by atoms with E-state index in [0.29, 0.717) is 0 Å². The van der Waals surface area contributed by atoms with Gasteiger partial charge in [0.15, 0.2) is 0 Å². The molecule has 0 fully saturated rings. The lowest BCUT2D eigenvalue weighted by molar-refractivity contribution is -0.148. The zero-order valence-electron chi connectivity index (χ0n) is 7.76. The first-order valence-electron chi connectivity index (χ1n) is 3.97. The second kappa shape index (κ2) is 5.36. The maximum atomic E-state index is 10.9. The van der Waals surface area contributed by atoms with E-state index in [9.17, 15) is 4.79 Å². The number of carbonyl (C=O) groups is 1. The molecule has 0 unspecified atom stereocenters. The Hall–Kier alpha value is -0.310. The molecule has 0 bridgehead atoms. The van der Waals surface area contributed by atoms with Gasteiger partial charge in [0.1, 0.15) is 10.9 Å². The van der Waals surface area contributed by atoms with Crippen LogP contribution >= 0.6 is 15.9 Å². The van der Waals surface area contributed by atoms with Crippen molar-refractivity contribution in [2.24, 2.45) is 0 Å². The van der Waals surface area contributed by atoms with Gasteiger partial charge in [-0.3, -0.25) is 4.79 Å². The number of alkyl halides is 1. The maximum absolute atomic E-state index is 10.9. The minimum atomic E-state index is -0.485. The lowest BCUT2D eigenvalue weighted by atomic mass is 10.1. The van der Waals surface area contributed by atoms with Crippen LogP contribution < -0.4 is 0 Å². The van der Waals surface area contributed by atoms with E-state index in [1.54, 1.807) is 0 Å². The van der Waals surface area contributed by atoms with Crippen LogP contribution in [0.15, 0.2) is 12.2 Å². The summed E-state index contributed by atoms with van der Waals surface area (Å²) in [5.41, 5.74) is -0.485. The summed E-state index contributed by atoms with van der Waals surface area (Å²) in [4.78, 5) is 10.9. The number of hydrogen-bond donors (Lipinski definition) is 0. The van der Waals surface area contributed by atoms with Crippen LogP contribution in [0.5, 0.6) is 0 Å². The average molecular weight is 235 g/mol. The molecule has 0 spiro atoms. The largest absolute Gasteiger partial charge is 0.455 e. The van der Waals surface area contributed by atoms with Crippen molar-refractivity contribution < 1.29 is 9.53 Å². The molecule has 0 radical (unpaired) electrons. The molecular formula is C9H15BrO2. The molecule has 0 aromatic carbocycles. The smallest absolute Gasteiger partial charge is 0.317 e. The minimum Gasteiger partial charge on any atom is -0.455 e. The van der Waals surface area contributed by atoms with Gasteiger partial charge in [0.2, 0.25) is 0 Å². The summed E-state index contributed by atoms with van der Waals surface area (Å²) in [5, 5.41) is 0.246. The molecular weight excluding hydrogens is 220 g/mol. The van der Waals surface area contributed by atoms with Gasteiger partial charge in [-0.05, 0) is 26.3 Å². The van der Waals surface area contributed by atoms with Gasteiger partial charge in [-0.25, -0.2) is 0 Å². The Labute approximate surface area is 82.1 Å². The molecule has 0 aromatic heterocycles. The molecule has 0 heterocycles. The van der Waals surface area contributed by atoms with Crippen molar-refractivity contribution in [3.05, 3.63) is 12.2 Å². The third-order valence-electron chi connectivity index (χ3n) is 1.24. The molecule has 2 nitrogen and oxygen atoms in total. The summed E-state index contributed by atoms with van der Waals surface area (Å²) in [6.07, 6.45) is 4.84. The Balaban J connectivity index is 4.03. The molecule has 3 heteroatoms. The van der Waals surface area contributed by atoms with Crippen LogP contribution in [0.25, 0.3) is 0 Å². The summed E-state index contributed by atoms with van der Waals surface area (Å²) in [6, 6.07) is 0. The van der Waals surface area contributed by atoms with E-state index in [1.807, 2.05) is 32.9 Å². The molecule has 0 aliphatic carbocycles. The molecule has 0 saturated carbocycles. The molecule has 0 amide bonds. The van der Waals surface area contributed by atoms with E-state index in [-0.39, 0.29) is 11.3 Å². The Bertz CT molecular complexity index is 173. The van der Waals surface area contributed by atoms with Gasteiger partial charge in [0, 0.05) is 0 Å². The second-order valence-electron chi connectivity index (χ2n) is 3.02. The molecule has 0 aliphatic rings. The Morgan fingerprint density at radius 2 is 2.17 bits per heavy atom. The summed E-state index contributed by atoms with van der Waals surface area (Å²) in [5.74, 6) is -0.235. The number of ether oxygens (including phenoxy) is 1. The first-order valence-corrected chi connectivity index (χ1v) is 5.09. The highest BCUT2D eigenvalue weighted by Gasteiger charge is 2.17. The quantitative estimate of drug-likeness (QED) is 0.425. The van der Waals surface area contributed by atoms with Gasteiger partial charge >= 0.3 is 5.97 Å². The third kappa shape index (κ3) is 5.35. The number of rotatable bonds is 4. The summed E-state index contributed by atoms with van der Waals surface area (Å²) >= 11 is 3.04. The molecule has 0 atom stereocenters. The fraction of sp³-hybridized carbons (Fsp3) is 0.667. The number of halogens is 1. The van der Waals surface area contributed by atoms with Crippen LogP contribution in [0.1, 0.15) is 27.2 Å². The lowest BCUT2D eigenvalue weighted by Gasteiger charge is -2.20. The van der Waals surface area contributed by atoms with E-state index in [4.69, 9.17) is 4.74 Å². The molecule has 0 aromatic rings. The Kier molecular flexibility index (Phi) is 5.22. The van der Waals surface area contributed by atoms with E-state index < -0.39 is 5.60 Å². The van der Waals surface area contributed by atoms with E-state index >= 15 is 0 Å². The van der Waals surface area contributed by atoms with Crippen LogP contribution in [-0.2, 0) is 9.53 Å². The zero-order chi connectivity index (χ0) is 9.61. The summed E-state index contributed by atoms with van der Waals surface area (Å²) in [7, 11) is 0. The number of esters is 1. The van der Waals surface area contributed by atoms with Gasteiger partial charge in [-0.2, -0.15) is 0 Å². The molecule has 0 rings (SSSR count). The maximum Gasteiger partial charge on any atom is 0.317 e. The first kappa shape index (κ1) is 11.7. The first-order chi connectivity index (χ1) is 5.52. The number of hydrogen-bond acceptors (Lipinski definition) is 2. The van der Waals surface area contributed by atoms with E-state index in [1.165, 1.54) is 0 Å². The van der Waals surface area contributed by atoms with E-state index in [0.717, 1.165) is 6.42 Å². The van der Waals surface area contributed by atoms with E-state index in [2.05, 4.69) is 15.9 Å². The van der Waals surface area contributed by atoms with Crippen LogP contribution in [0, 0.1) is 0 Å². The van der Waals surface area contributed by atoms with Crippen LogP contribution in [-0.4, -0.2) is 16.9 Å². The molecule has 0 aliphatic heterocycles. The van der Waals surface area contributed by atoms with Gasteiger partial charge in [0.05, 0.1) is 0 Å². The van der Waals surface area contributed by atoms with Gasteiger partial charge in [-0.15, -0.1) is 0 Å². The molecule has 70 valence electrons. The fourth-order valence-corrected chi connectivity index (χ4v) is 0.871. The monoisotopic (exact) mass is 234 g/mol.